The van der Waals surface area contributed by atoms with Crippen molar-refractivity contribution in [2.75, 3.05) is 4.90 Å². The van der Waals surface area contributed by atoms with Gasteiger partial charge < -0.3 is 5.11 Å². The van der Waals surface area contributed by atoms with Crippen molar-refractivity contribution < 1.29 is 24.3 Å². The Balaban J connectivity index is 1.76. The molecule has 1 saturated heterocycles. The number of carbonyl (C=O) groups is 4. The summed E-state index contributed by atoms with van der Waals surface area (Å²) in [5.41, 5.74) is 2.38. The first-order chi connectivity index (χ1) is 13.4. The number of rotatable bonds is 4. The summed E-state index contributed by atoms with van der Waals surface area (Å²) in [7, 11) is 0. The zero-order chi connectivity index (χ0) is 20.3. The first kappa shape index (κ1) is 19.2. The number of phenolic OH excluding ortho intramolecular Hbond substituents is 1. The molecule has 0 bridgehead atoms. The van der Waals surface area contributed by atoms with Crippen LogP contribution in [-0.2, 0) is 9.59 Å². The van der Waals surface area contributed by atoms with Gasteiger partial charge in [0.15, 0.2) is 5.92 Å². The number of phenols is 1. The minimum absolute atomic E-state index is 0.0225. The maximum Gasteiger partial charge on any atom is 0.335 e. The van der Waals surface area contributed by atoms with Gasteiger partial charge in [0.05, 0.1) is 11.3 Å². The number of hydrogen-bond donors (Lipinski definition) is 3. The number of nitrogens with zero attached hydrogens (tertiary/aromatic N) is 2. The standard InChI is InChI=1S/C18H13BrN4O5/c19-10-5-7-11(8-6-10)23-17(27)13(15(25)21-18(23)28)9-20-22-16(26)12-3-1-2-4-14(12)24/h1-9,13,24H,(H,22,26)(H,21,25,28)/b20-9-/t13-/m1/s1. The molecule has 0 aliphatic carbocycles. The van der Waals surface area contributed by atoms with Crippen LogP contribution in [-0.4, -0.2) is 35.1 Å². The summed E-state index contributed by atoms with van der Waals surface area (Å²) in [6.45, 7) is 0. The molecule has 1 fully saturated rings. The second-order valence-corrected chi connectivity index (χ2v) is 6.57. The number of barbiturate groups is 1. The van der Waals surface area contributed by atoms with Gasteiger partial charge in [-0.25, -0.2) is 15.1 Å². The van der Waals surface area contributed by atoms with E-state index in [0.717, 1.165) is 15.6 Å². The fourth-order valence-corrected chi connectivity index (χ4v) is 2.72. The molecule has 3 rings (SSSR count). The zero-order valence-electron chi connectivity index (χ0n) is 14.1. The number of benzene rings is 2. The zero-order valence-corrected chi connectivity index (χ0v) is 15.7. The van der Waals surface area contributed by atoms with Gasteiger partial charge >= 0.3 is 6.03 Å². The highest BCUT2D eigenvalue weighted by atomic mass is 79.9. The van der Waals surface area contributed by atoms with Crippen molar-refractivity contribution in [3.63, 3.8) is 0 Å². The molecule has 1 aliphatic rings. The molecule has 1 heterocycles. The highest BCUT2D eigenvalue weighted by molar-refractivity contribution is 9.10. The van der Waals surface area contributed by atoms with Gasteiger partial charge in [0.2, 0.25) is 5.91 Å². The van der Waals surface area contributed by atoms with E-state index in [0.29, 0.717) is 0 Å². The van der Waals surface area contributed by atoms with Gasteiger partial charge in [0.25, 0.3) is 11.8 Å². The number of aromatic hydroxyl groups is 1. The molecular formula is C18H13BrN4O5. The van der Waals surface area contributed by atoms with E-state index in [1.807, 2.05) is 0 Å². The Morgan fingerprint density at radius 3 is 2.50 bits per heavy atom. The molecule has 0 saturated carbocycles. The molecule has 10 heteroatoms. The largest absolute Gasteiger partial charge is 0.507 e. The predicted octanol–water partition coefficient (Wildman–Crippen LogP) is 1.77. The Bertz CT molecular complexity index is 990. The normalized spacial score (nSPS) is 17.0. The number of nitrogens with one attached hydrogen (secondary N) is 2. The van der Waals surface area contributed by atoms with Crippen LogP contribution in [0, 0.1) is 5.92 Å². The highest BCUT2D eigenvalue weighted by Crippen LogP contribution is 2.22. The average molecular weight is 445 g/mol. The van der Waals surface area contributed by atoms with Crippen LogP contribution in [0.5, 0.6) is 5.75 Å². The molecule has 142 valence electrons. The van der Waals surface area contributed by atoms with E-state index in [-0.39, 0.29) is 17.0 Å². The van der Waals surface area contributed by atoms with Crippen molar-refractivity contribution >= 4 is 51.6 Å². The Morgan fingerprint density at radius 1 is 1.14 bits per heavy atom. The van der Waals surface area contributed by atoms with Crippen LogP contribution >= 0.6 is 15.9 Å². The number of imide groups is 2. The summed E-state index contributed by atoms with van der Waals surface area (Å²) in [5, 5.41) is 15.3. The van der Waals surface area contributed by atoms with Crippen LogP contribution in [0.3, 0.4) is 0 Å². The second-order valence-electron chi connectivity index (χ2n) is 5.66. The number of hydrazone groups is 1. The van der Waals surface area contributed by atoms with Crippen molar-refractivity contribution in [3.05, 3.63) is 58.6 Å². The van der Waals surface area contributed by atoms with Crippen LogP contribution in [0.4, 0.5) is 10.5 Å². The van der Waals surface area contributed by atoms with Gasteiger partial charge in [0, 0.05) is 10.7 Å². The number of halogens is 1. The predicted molar refractivity (Wildman–Crippen MR) is 103 cm³/mol. The van der Waals surface area contributed by atoms with Crippen molar-refractivity contribution in [1.82, 2.24) is 10.7 Å². The van der Waals surface area contributed by atoms with Gasteiger partial charge in [-0.1, -0.05) is 28.1 Å². The molecule has 9 nitrogen and oxygen atoms in total. The van der Waals surface area contributed by atoms with Gasteiger partial charge in [-0.05, 0) is 36.4 Å². The monoisotopic (exact) mass is 444 g/mol. The molecule has 28 heavy (non-hydrogen) atoms. The average Bonchev–Trinajstić information content (AvgIpc) is 2.66. The number of hydrogen-bond acceptors (Lipinski definition) is 6. The lowest BCUT2D eigenvalue weighted by molar-refractivity contribution is -0.131. The molecule has 2 aromatic rings. The smallest absolute Gasteiger partial charge is 0.335 e. The Morgan fingerprint density at radius 2 is 1.82 bits per heavy atom. The van der Waals surface area contributed by atoms with Crippen LogP contribution in [0.15, 0.2) is 58.1 Å². The molecule has 1 atom stereocenters. The number of urea groups is 1. The Kier molecular flexibility index (Phi) is 5.50. The van der Waals surface area contributed by atoms with Crippen LogP contribution in [0.1, 0.15) is 10.4 Å². The maximum atomic E-state index is 12.6. The third-order valence-corrected chi connectivity index (χ3v) is 4.35. The molecule has 0 radical (unpaired) electrons. The van der Waals surface area contributed by atoms with Crippen LogP contribution in [0.2, 0.25) is 0 Å². The molecule has 5 amide bonds. The molecule has 0 spiro atoms. The van der Waals surface area contributed by atoms with E-state index in [9.17, 15) is 24.3 Å². The van der Waals surface area contributed by atoms with Crippen molar-refractivity contribution in [2.24, 2.45) is 11.0 Å². The third-order valence-electron chi connectivity index (χ3n) is 3.83. The fourth-order valence-electron chi connectivity index (χ4n) is 2.45. The molecule has 2 aromatic carbocycles. The van der Waals surface area contributed by atoms with E-state index < -0.39 is 29.7 Å². The summed E-state index contributed by atoms with van der Waals surface area (Å²) in [6.07, 6.45) is 0.924. The number of para-hydroxylation sites is 1. The van der Waals surface area contributed by atoms with Gasteiger partial charge in [-0.2, -0.15) is 5.10 Å². The van der Waals surface area contributed by atoms with E-state index in [2.05, 4.69) is 31.8 Å². The summed E-state index contributed by atoms with van der Waals surface area (Å²) in [4.78, 5) is 49.5. The Hall–Kier alpha value is -3.53. The van der Waals surface area contributed by atoms with Gasteiger partial charge in [-0.3, -0.25) is 19.7 Å². The molecule has 0 aromatic heterocycles. The summed E-state index contributed by atoms with van der Waals surface area (Å²) >= 11 is 3.26. The van der Waals surface area contributed by atoms with Gasteiger partial charge in [-0.15, -0.1) is 0 Å². The lowest BCUT2D eigenvalue weighted by Crippen LogP contribution is -2.58. The molecular weight excluding hydrogens is 432 g/mol. The number of amides is 5. The first-order valence-corrected chi connectivity index (χ1v) is 8.73. The van der Waals surface area contributed by atoms with E-state index in [1.54, 1.807) is 24.3 Å². The lowest BCUT2D eigenvalue weighted by atomic mass is 10.1. The number of anilines is 1. The minimum Gasteiger partial charge on any atom is -0.507 e. The fraction of sp³-hybridized carbons (Fsp3) is 0.0556. The van der Waals surface area contributed by atoms with E-state index >= 15 is 0 Å². The number of carbonyl (C=O) groups excluding carboxylic acids is 4. The highest BCUT2D eigenvalue weighted by Gasteiger charge is 2.40. The topological polar surface area (TPSA) is 128 Å². The third kappa shape index (κ3) is 3.91. The molecule has 1 aliphatic heterocycles. The van der Waals surface area contributed by atoms with Crippen LogP contribution in [0.25, 0.3) is 0 Å². The van der Waals surface area contributed by atoms with Crippen molar-refractivity contribution in [1.29, 1.82) is 0 Å². The van der Waals surface area contributed by atoms with Crippen LogP contribution < -0.4 is 15.6 Å². The first-order valence-electron chi connectivity index (χ1n) is 7.94. The van der Waals surface area contributed by atoms with E-state index in [1.165, 1.54) is 24.3 Å². The van der Waals surface area contributed by atoms with Crippen molar-refractivity contribution in [2.45, 2.75) is 0 Å². The van der Waals surface area contributed by atoms with Gasteiger partial charge in [0.1, 0.15) is 5.75 Å². The lowest BCUT2D eigenvalue weighted by Gasteiger charge is -2.28. The summed E-state index contributed by atoms with van der Waals surface area (Å²) in [5.74, 6) is -4.04. The quantitative estimate of drug-likeness (QED) is 0.376. The molecule has 3 N–H and O–H groups in total. The Labute approximate surface area is 167 Å². The minimum atomic E-state index is -1.41. The van der Waals surface area contributed by atoms with Crippen molar-refractivity contribution in [3.8, 4) is 5.75 Å². The molecule has 0 unspecified atom stereocenters. The summed E-state index contributed by atoms with van der Waals surface area (Å²) in [6, 6.07) is 11.3. The second kappa shape index (κ2) is 8.01. The summed E-state index contributed by atoms with van der Waals surface area (Å²) < 4.78 is 0.752. The maximum absolute atomic E-state index is 12.6. The SMILES string of the molecule is O=C(N/N=C\[C@@H]1C(=O)NC(=O)N(c2ccc(Br)cc2)C1=O)c1ccccc1O. The van der Waals surface area contributed by atoms with E-state index in [4.69, 9.17) is 0 Å².